The summed E-state index contributed by atoms with van der Waals surface area (Å²) in [5.74, 6) is 0.813. The standard InChI is InChI=1S/C17H27N3O/c1-20-16-10-6-5-9-14(16)15(19-20)12-18-17(21)11-13-7-3-2-4-8-13/h13H,2-12H2,1H3,(H,18,21). The van der Waals surface area contributed by atoms with Gasteiger partial charge in [-0.2, -0.15) is 5.10 Å². The molecule has 0 aromatic carbocycles. The van der Waals surface area contributed by atoms with Crippen molar-refractivity contribution in [1.82, 2.24) is 15.1 Å². The lowest BCUT2D eigenvalue weighted by Gasteiger charge is -2.20. The molecular weight excluding hydrogens is 262 g/mol. The van der Waals surface area contributed by atoms with Crippen LogP contribution in [0.1, 0.15) is 68.3 Å². The molecule has 1 amide bonds. The topological polar surface area (TPSA) is 46.9 Å². The van der Waals surface area contributed by atoms with Gasteiger partial charge in [0.05, 0.1) is 12.2 Å². The Balaban J connectivity index is 1.54. The molecule has 0 atom stereocenters. The summed E-state index contributed by atoms with van der Waals surface area (Å²) in [7, 11) is 2.03. The van der Waals surface area contributed by atoms with Gasteiger partial charge in [-0.25, -0.2) is 0 Å². The molecule has 2 aliphatic carbocycles. The number of aryl methyl sites for hydroxylation is 1. The van der Waals surface area contributed by atoms with Crippen LogP contribution in [0.25, 0.3) is 0 Å². The zero-order valence-electron chi connectivity index (χ0n) is 13.2. The van der Waals surface area contributed by atoms with E-state index < -0.39 is 0 Å². The van der Waals surface area contributed by atoms with E-state index >= 15 is 0 Å². The molecule has 3 rings (SSSR count). The van der Waals surface area contributed by atoms with Crippen LogP contribution in [0.3, 0.4) is 0 Å². The summed E-state index contributed by atoms with van der Waals surface area (Å²) < 4.78 is 2.01. The molecule has 1 aromatic rings. The number of rotatable bonds is 4. The second-order valence-electron chi connectivity index (χ2n) is 6.69. The molecule has 0 spiro atoms. The summed E-state index contributed by atoms with van der Waals surface area (Å²) >= 11 is 0. The van der Waals surface area contributed by atoms with Crippen molar-refractivity contribution in [2.45, 2.75) is 70.8 Å². The zero-order valence-corrected chi connectivity index (χ0v) is 13.2. The highest BCUT2D eigenvalue weighted by Crippen LogP contribution is 2.26. The van der Waals surface area contributed by atoms with Crippen molar-refractivity contribution in [2.75, 3.05) is 0 Å². The lowest BCUT2D eigenvalue weighted by Crippen LogP contribution is -2.26. The number of hydrogen-bond donors (Lipinski definition) is 1. The van der Waals surface area contributed by atoms with Crippen LogP contribution >= 0.6 is 0 Å². The molecule has 1 aromatic heterocycles. The molecule has 21 heavy (non-hydrogen) atoms. The van der Waals surface area contributed by atoms with Crippen LogP contribution in [0.4, 0.5) is 0 Å². The normalized spacial score (nSPS) is 19.3. The molecule has 0 saturated heterocycles. The van der Waals surface area contributed by atoms with Gasteiger partial charge in [-0.05, 0) is 50.0 Å². The Morgan fingerprint density at radius 3 is 2.76 bits per heavy atom. The van der Waals surface area contributed by atoms with Crippen LogP contribution in [0.15, 0.2) is 0 Å². The maximum Gasteiger partial charge on any atom is 0.220 e. The summed E-state index contributed by atoms with van der Waals surface area (Å²) in [6.07, 6.45) is 11.9. The van der Waals surface area contributed by atoms with E-state index in [0.29, 0.717) is 18.9 Å². The second kappa shape index (κ2) is 6.63. The van der Waals surface area contributed by atoms with Gasteiger partial charge in [0.15, 0.2) is 0 Å². The summed E-state index contributed by atoms with van der Waals surface area (Å²) in [6, 6.07) is 0. The van der Waals surface area contributed by atoms with Gasteiger partial charge in [-0.3, -0.25) is 9.48 Å². The first-order valence-corrected chi connectivity index (χ1v) is 8.54. The first-order chi connectivity index (χ1) is 10.2. The van der Waals surface area contributed by atoms with Crippen molar-refractivity contribution in [3.05, 3.63) is 17.0 Å². The predicted octanol–water partition coefficient (Wildman–Crippen LogP) is 2.89. The van der Waals surface area contributed by atoms with Gasteiger partial charge < -0.3 is 5.32 Å². The molecule has 0 unspecified atom stereocenters. The number of amides is 1. The van der Waals surface area contributed by atoms with Gasteiger partial charge in [0, 0.05) is 19.2 Å². The lowest BCUT2D eigenvalue weighted by atomic mass is 9.87. The predicted molar refractivity (Wildman–Crippen MR) is 82.9 cm³/mol. The minimum Gasteiger partial charge on any atom is -0.350 e. The molecule has 1 N–H and O–H groups in total. The molecule has 116 valence electrons. The van der Waals surface area contributed by atoms with Crippen LogP contribution in [-0.4, -0.2) is 15.7 Å². The third kappa shape index (κ3) is 3.47. The summed E-state index contributed by atoms with van der Waals surface area (Å²) in [4.78, 5) is 12.1. The third-order valence-corrected chi connectivity index (χ3v) is 5.10. The van der Waals surface area contributed by atoms with Crippen LogP contribution in [-0.2, 0) is 31.2 Å². The highest BCUT2D eigenvalue weighted by Gasteiger charge is 2.20. The van der Waals surface area contributed by atoms with Crippen LogP contribution < -0.4 is 5.32 Å². The fraction of sp³-hybridized carbons (Fsp3) is 0.765. The van der Waals surface area contributed by atoms with E-state index in [-0.39, 0.29) is 5.91 Å². The SMILES string of the molecule is Cn1nc(CNC(=O)CC2CCCCC2)c2c1CCCC2. The Kier molecular flexibility index (Phi) is 4.61. The van der Waals surface area contributed by atoms with Crippen molar-refractivity contribution in [1.29, 1.82) is 0 Å². The van der Waals surface area contributed by atoms with Gasteiger partial charge in [0.2, 0.25) is 5.91 Å². The number of aromatic nitrogens is 2. The monoisotopic (exact) mass is 289 g/mol. The first kappa shape index (κ1) is 14.6. The number of carbonyl (C=O) groups excluding carboxylic acids is 1. The minimum absolute atomic E-state index is 0.206. The molecular formula is C17H27N3O. The molecule has 0 radical (unpaired) electrons. The Morgan fingerprint density at radius 2 is 1.95 bits per heavy atom. The average Bonchev–Trinajstić information content (AvgIpc) is 2.83. The van der Waals surface area contributed by atoms with E-state index in [2.05, 4.69) is 10.4 Å². The van der Waals surface area contributed by atoms with Crippen molar-refractivity contribution in [3.8, 4) is 0 Å². The molecule has 2 aliphatic rings. The fourth-order valence-corrected chi connectivity index (χ4v) is 3.91. The van der Waals surface area contributed by atoms with Gasteiger partial charge in [-0.1, -0.05) is 19.3 Å². The summed E-state index contributed by atoms with van der Waals surface area (Å²) in [5, 5.41) is 7.71. The maximum atomic E-state index is 12.1. The molecule has 0 bridgehead atoms. The fourth-order valence-electron chi connectivity index (χ4n) is 3.91. The number of hydrogen-bond acceptors (Lipinski definition) is 2. The lowest BCUT2D eigenvalue weighted by molar-refractivity contribution is -0.122. The minimum atomic E-state index is 0.206. The quantitative estimate of drug-likeness (QED) is 0.926. The molecule has 4 nitrogen and oxygen atoms in total. The van der Waals surface area contributed by atoms with Crippen LogP contribution in [0.5, 0.6) is 0 Å². The zero-order chi connectivity index (χ0) is 14.7. The third-order valence-electron chi connectivity index (χ3n) is 5.10. The Morgan fingerprint density at radius 1 is 1.19 bits per heavy atom. The second-order valence-corrected chi connectivity index (χ2v) is 6.69. The molecule has 1 fully saturated rings. The molecule has 0 aliphatic heterocycles. The van der Waals surface area contributed by atoms with Gasteiger partial charge in [0.1, 0.15) is 0 Å². The molecule has 4 heteroatoms. The Labute approximate surface area is 127 Å². The summed E-state index contributed by atoms with van der Waals surface area (Å²) in [5.41, 5.74) is 3.85. The van der Waals surface area contributed by atoms with Crippen molar-refractivity contribution in [3.63, 3.8) is 0 Å². The van der Waals surface area contributed by atoms with E-state index in [1.807, 2.05) is 11.7 Å². The van der Waals surface area contributed by atoms with E-state index in [4.69, 9.17) is 0 Å². The largest absolute Gasteiger partial charge is 0.350 e. The van der Waals surface area contributed by atoms with Crippen LogP contribution in [0, 0.1) is 5.92 Å². The van der Waals surface area contributed by atoms with Gasteiger partial charge in [-0.15, -0.1) is 0 Å². The average molecular weight is 289 g/mol. The smallest absolute Gasteiger partial charge is 0.220 e. The number of carbonyl (C=O) groups is 1. The number of fused-ring (bicyclic) bond motifs is 1. The first-order valence-electron chi connectivity index (χ1n) is 8.54. The van der Waals surface area contributed by atoms with E-state index in [9.17, 15) is 4.79 Å². The van der Waals surface area contributed by atoms with Crippen LogP contribution in [0.2, 0.25) is 0 Å². The van der Waals surface area contributed by atoms with Gasteiger partial charge >= 0.3 is 0 Å². The van der Waals surface area contributed by atoms with Crippen molar-refractivity contribution < 1.29 is 4.79 Å². The summed E-state index contributed by atoms with van der Waals surface area (Å²) in [6.45, 7) is 0.606. The maximum absolute atomic E-state index is 12.1. The highest BCUT2D eigenvalue weighted by atomic mass is 16.1. The van der Waals surface area contributed by atoms with Crippen molar-refractivity contribution in [2.24, 2.45) is 13.0 Å². The highest BCUT2D eigenvalue weighted by molar-refractivity contribution is 5.76. The number of nitrogens with one attached hydrogen (secondary N) is 1. The number of nitrogens with zero attached hydrogens (tertiary/aromatic N) is 2. The van der Waals surface area contributed by atoms with E-state index in [1.54, 1.807) is 0 Å². The Hall–Kier alpha value is -1.32. The van der Waals surface area contributed by atoms with Crippen molar-refractivity contribution >= 4 is 5.91 Å². The molecule has 1 heterocycles. The Bertz CT molecular complexity index is 500. The molecule has 1 saturated carbocycles. The van der Waals surface area contributed by atoms with E-state index in [0.717, 1.165) is 18.5 Å². The van der Waals surface area contributed by atoms with Gasteiger partial charge in [0.25, 0.3) is 0 Å². The van der Waals surface area contributed by atoms with E-state index in [1.165, 1.54) is 56.2 Å².